The van der Waals surface area contributed by atoms with Crippen molar-refractivity contribution in [1.29, 1.82) is 0 Å². The molecule has 2 N–H and O–H groups in total. The molecule has 0 saturated heterocycles. The minimum Gasteiger partial charge on any atom is -0.503 e. The van der Waals surface area contributed by atoms with E-state index >= 15 is 0 Å². The van der Waals surface area contributed by atoms with Crippen molar-refractivity contribution >= 4 is 5.97 Å². The van der Waals surface area contributed by atoms with Crippen LogP contribution in [0.25, 0.3) is 0 Å². The van der Waals surface area contributed by atoms with Gasteiger partial charge in [-0.05, 0) is 14.0 Å². The van der Waals surface area contributed by atoms with Gasteiger partial charge in [-0.25, -0.2) is 0 Å². The van der Waals surface area contributed by atoms with Crippen LogP contribution in [-0.4, -0.2) is 39.2 Å². The van der Waals surface area contributed by atoms with Gasteiger partial charge in [0.1, 0.15) is 0 Å². The third-order valence-corrected chi connectivity index (χ3v) is 2.61. The molecule has 0 bridgehead atoms. The van der Waals surface area contributed by atoms with Crippen molar-refractivity contribution in [2.24, 2.45) is 7.05 Å². The number of carboxylic acids is 1. The Morgan fingerprint density at radius 2 is 2.12 bits per heavy atom. The highest BCUT2D eigenvalue weighted by atomic mass is 16.4. The SMILES string of the molecule is Cc1cc(=O)c(O)c(CN(C)CC(=O)O)n1C. The van der Waals surface area contributed by atoms with Crippen LogP contribution in [0.4, 0.5) is 0 Å². The first-order chi connectivity index (χ1) is 7.82. The number of rotatable bonds is 4. The van der Waals surface area contributed by atoms with Gasteiger partial charge in [0.15, 0.2) is 5.75 Å². The zero-order valence-electron chi connectivity index (χ0n) is 10.1. The number of aryl methyl sites for hydroxylation is 1. The average Bonchev–Trinajstić information content (AvgIpc) is 2.20. The summed E-state index contributed by atoms with van der Waals surface area (Å²) in [4.78, 5) is 23.5. The van der Waals surface area contributed by atoms with Crippen molar-refractivity contribution in [3.63, 3.8) is 0 Å². The van der Waals surface area contributed by atoms with Crippen LogP contribution in [0, 0.1) is 6.92 Å². The summed E-state index contributed by atoms with van der Waals surface area (Å²) in [7, 11) is 3.33. The van der Waals surface area contributed by atoms with Crippen molar-refractivity contribution < 1.29 is 15.0 Å². The first-order valence-corrected chi connectivity index (χ1v) is 5.11. The molecular formula is C11H16N2O4. The summed E-state index contributed by atoms with van der Waals surface area (Å²) >= 11 is 0. The lowest BCUT2D eigenvalue weighted by Gasteiger charge is -2.19. The monoisotopic (exact) mass is 240 g/mol. The standard InChI is InChI=1S/C11H16N2O4/c1-7-4-9(14)11(17)8(13(7)3)5-12(2)6-10(15)16/h4,17H,5-6H2,1-3H3,(H,15,16). The number of hydrogen-bond donors (Lipinski definition) is 2. The first-order valence-electron chi connectivity index (χ1n) is 5.11. The van der Waals surface area contributed by atoms with Gasteiger partial charge in [0, 0.05) is 25.4 Å². The lowest BCUT2D eigenvalue weighted by Crippen LogP contribution is -2.27. The van der Waals surface area contributed by atoms with Gasteiger partial charge in [0.25, 0.3) is 0 Å². The molecule has 0 unspecified atom stereocenters. The van der Waals surface area contributed by atoms with Gasteiger partial charge in [-0.3, -0.25) is 14.5 Å². The second kappa shape index (κ2) is 5.01. The van der Waals surface area contributed by atoms with E-state index in [0.717, 1.165) is 0 Å². The predicted molar refractivity (Wildman–Crippen MR) is 62.1 cm³/mol. The molecule has 0 radical (unpaired) electrons. The number of aromatic hydroxyl groups is 1. The number of carbonyl (C=O) groups is 1. The maximum absolute atomic E-state index is 11.4. The van der Waals surface area contributed by atoms with Crippen LogP contribution >= 0.6 is 0 Å². The molecule has 6 heteroatoms. The van der Waals surface area contributed by atoms with Crippen LogP contribution < -0.4 is 5.43 Å². The van der Waals surface area contributed by atoms with E-state index in [4.69, 9.17) is 5.11 Å². The van der Waals surface area contributed by atoms with Gasteiger partial charge in [-0.2, -0.15) is 0 Å². The van der Waals surface area contributed by atoms with Crippen molar-refractivity contribution in [2.75, 3.05) is 13.6 Å². The summed E-state index contributed by atoms with van der Waals surface area (Å²) in [5.41, 5.74) is 0.685. The van der Waals surface area contributed by atoms with Gasteiger partial charge in [-0.15, -0.1) is 0 Å². The zero-order chi connectivity index (χ0) is 13.2. The molecule has 0 spiro atoms. The van der Waals surface area contributed by atoms with Crippen LogP contribution in [0.5, 0.6) is 5.75 Å². The molecule has 0 fully saturated rings. The molecule has 1 aromatic rings. The molecule has 1 aromatic heterocycles. The molecule has 6 nitrogen and oxygen atoms in total. The Balaban J connectivity index is 3.06. The van der Waals surface area contributed by atoms with E-state index in [2.05, 4.69) is 0 Å². The van der Waals surface area contributed by atoms with Crippen LogP contribution in [0.3, 0.4) is 0 Å². The number of nitrogens with zero attached hydrogens (tertiary/aromatic N) is 2. The second-order valence-corrected chi connectivity index (χ2v) is 4.07. The van der Waals surface area contributed by atoms with Crippen LogP contribution in [0.15, 0.2) is 10.9 Å². The maximum Gasteiger partial charge on any atom is 0.317 e. The molecule has 0 saturated carbocycles. The lowest BCUT2D eigenvalue weighted by atomic mass is 10.2. The Hall–Kier alpha value is -1.82. The minimum absolute atomic E-state index is 0.151. The quantitative estimate of drug-likeness (QED) is 0.769. The van der Waals surface area contributed by atoms with E-state index in [1.165, 1.54) is 11.0 Å². The van der Waals surface area contributed by atoms with Crippen molar-refractivity contribution in [3.8, 4) is 5.75 Å². The highest BCUT2D eigenvalue weighted by Gasteiger charge is 2.14. The van der Waals surface area contributed by atoms with Crippen molar-refractivity contribution in [3.05, 3.63) is 27.7 Å². The summed E-state index contributed by atoms with van der Waals surface area (Å²) in [6.45, 7) is 1.80. The lowest BCUT2D eigenvalue weighted by molar-refractivity contribution is -0.138. The molecule has 0 amide bonds. The minimum atomic E-state index is -0.954. The fourth-order valence-electron chi connectivity index (χ4n) is 1.59. The molecule has 94 valence electrons. The van der Waals surface area contributed by atoms with Crippen molar-refractivity contribution in [2.45, 2.75) is 13.5 Å². The van der Waals surface area contributed by atoms with Crippen molar-refractivity contribution in [1.82, 2.24) is 9.47 Å². The van der Waals surface area contributed by atoms with Gasteiger partial charge in [-0.1, -0.05) is 0 Å². The number of hydrogen-bond acceptors (Lipinski definition) is 4. The van der Waals surface area contributed by atoms with Gasteiger partial charge in [0.05, 0.1) is 12.2 Å². The number of carboxylic acid groups (broad SMARTS) is 1. The predicted octanol–water partition coefficient (Wildman–Crippen LogP) is -0.0843. The Morgan fingerprint density at radius 1 is 1.53 bits per heavy atom. The normalized spacial score (nSPS) is 10.8. The first kappa shape index (κ1) is 13.2. The van der Waals surface area contributed by atoms with E-state index in [9.17, 15) is 14.7 Å². The topological polar surface area (TPSA) is 82.8 Å². The number of likely N-dealkylation sites (N-methyl/N-ethyl adjacent to an activating group) is 1. The zero-order valence-corrected chi connectivity index (χ0v) is 10.1. The fourth-order valence-corrected chi connectivity index (χ4v) is 1.59. The molecule has 1 rings (SSSR count). The van der Waals surface area contributed by atoms with E-state index < -0.39 is 11.4 Å². The van der Waals surface area contributed by atoms with Crippen LogP contribution in [-0.2, 0) is 18.4 Å². The maximum atomic E-state index is 11.4. The molecule has 0 aliphatic carbocycles. The Bertz CT molecular complexity index is 493. The number of pyridine rings is 1. The number of aromatic nitrogens is 1. The smallest absolute Gasteiger partial charge is 0.317 e. The molecule has 0 aromatic carbocycles. The molecule has 17 heavy (non-hydrogen) atoms. The fraction of sp³-hybridized carbons (Fsp3) is 0.455. The highest BCUT2D eigenvalue weighted by molar-refractivity contribution is 5.69. The molecule has 0 atom stereocenters. The molecular weight excluding hydrogens is 224 g/mol. The summed E-state index contributed by atoms with van der Waals surface area (Å²) in [6, 6.07) is 1.34. The summed E-state index contributed by atoms with van der Waals surface area (Å²) in [6.07, 6.45) is 0. The molecule has 1 heterocycles. The van der Waals surface area contributed by atoms with E-state index in [1.54, 1.807) is 25.6 Å². The van der Waals surface area contributed by atoms with Gasteiger partial charge < -0.3 is 14.8 Å². The van der Waals surface area contributed by atoms with Gasteiger partial charge >= 0.3 is 5.97 Å². The van der Waals surface area contributed by atoms with E-state index in [-0.39, 0.29) is 18.8 Å². The Labute approximate surface area is 98.7 Å². The van der Waals surface area contributed by atoms with E-state index in [0.29, 0.717) is 11.4 Å². The third-order valence-electron chi connectivity index (χ3n) is 2.61. The summed E-state index contributed by atoms with van der Waals surface area (Å²) < 4.78 is 1.68. The van der Waals surface area contributed by atoms with Crippen LogP contribution in [0.1, 0.15) is 11.4 Å². The highest BCUT2D eigenvalue weighted by Crippen LogP contribution is 2.14. The second-order valence-electron chi connectivity index (χ2n) is 4.07. The van der Waals surface area contributed by atoms with Crippen LogP contribution in [0.2, 0.25) is 0 Å². The molecule has 0 aliphatic heterocycles. The molecule has 0 aliphatic rings. The van der Waals surface area contributed by atoms with Gasteiger partial charge in [0.2, 0.25) is 5.43 Å². The number of aliphatic carboxylic acids is 1. The van der Waals surface area contributed by atoms with E-state index in [1.807, 2.05) is 0 Å². The Kier molecular flexibility index (Phi) is 3.90. The largest absolute Gasteiger partial charge is 0.503 e. The average molecular weight is 240 g/mol. The Morgan fingerprint density at radius 3 is 2.65 bits per heavy atom. The summed E-state index contributed by atoms with van der Waals surface area (Å²) in [5.74, 6) is -1.28. The third kappa shape index (κ3) is 3.07. The summed E-state index contributed by atoms with van der Waals surface area (Å²) in [5, 5.41) is 18.3.